The summed E-state index contributed by atoms with van der Waals surface area (Å²) in [6.45, 7) is 5.64. The summed E-state index contributed by atoms with van der Waals surface area (Å²) in [6.07, 6.45) is 2.45. The number of aliphatic hydroxyl groups excluding tert-OH is 1. The smallest absolute Gasteiger partial charge is 0.264 e. The van der Waals surface area contributed by atoms with Crippen LogP contribution in [0.4, 0.5) is 11.5 Å². The molecule has 1 atom stereocenters. The topological polar surface area (TPSA) is 86.5 Å². The first-order valence-corrected chi connectivity index (χ1v) is 10.9. The van der Waals surface area contributed by atoms with Crippen molar-refractivity contribution in [2.45, 2.75) is 6.42 Å². The largest absolute Gasteiger partial charge is 0.396 e. The fraction of sp³-hybridized carbons (Fsp3) is 0.435. The molecule has 0 unspecified atom stereocenters. The van der Waals surface area contributed by atoms with Crippen molar-refractivity contribution in [1.82, 2.24) is 19.9 Å². The second kappa shape index (κ2) is 8.28. The maximum Gasteiger partial charge on any atom is 0.264 e. The lowest BCUT2D eigenvalue weighted by atomic mass is 10.1. The quantitative estimate of drug-likeness (QED) is 0.656. The number of aryl methyl sites for hydroxylation is 1. The van der Waals surface area contributed by atoms with Gasteiger partial charge in [0.1, 0.15) is 11.2 Å². The van der Waals surface area contributed by atoms with E-state index in [4.69, 9.17) is 4.98 Å². The molecule has 0 spiro atoms. The highest BCUT2D eigenvalue weighted by atomic mass is 16.3. The number of nitrogens with zero attached hydrogens (tertiary/aromatic N) is 5. The summed E-state index contributed by atoms with van der Waals surface area (Å²) in [6, 6.07) is 10.4. The van der Waals surface area contributed by atoms with Crippen molar-refractivity contribution in [2.24, 2.45) is 13.0 Å². The number of benzene rings is 1. The van der Waals surface area contributed by atoms with Gasteiger partial charge in [0.2, 0.25) is 0 Å². The Morgan fingerprint density at radius 1 is 1.13 bits per heavy atom. The van der Waals surface area contributed by atoms with Gasteiger partial charge in [0.15, 0.2) is 0 Å². The summed E-state index contributed by atoms with van der Waals surface area (Å²) in [4.78, 5) is 26.9. The van der Waals surface area contributed by atoms with E-state index in [9.17, 15) is 9.90 Å². The van der Waals surface area contributed by atoms with Crippen LogP contribution in [-0.2, 0) is 7.05 Å². The monoisotopic (exact) mass is 420 g/mol. The van der Waals surface area contributed by atoms with Crippen LogP contribution in [0.15, 0.2) is 41.5 Å². The SMILES string of the molecule is Cn1cnc2cc(-c3ccc(N4CCNCC4)cc3)nc(N3CC[C@H](CO)C3)c2c1=O. The molecule has 0 amide bonds. The van der Waals surface area contributed by atoms with Crippen LogP contribution in [0.1, 0.15) is 6.42 Å². The summed E-state index contributed by atoms with van der Waals surface area (Å²) in [7, 11) is 1.71. The molecule has 2 N–H and O–H groups in total. The average molecular weight is 421 g/mol. The Kier molecular flexibility index (Phi) is 5.33. The highest BCUT2D eigenvalue weighted by Gasteiger charge is 2.26. The molecule has 2 aliphatic rings. The minimum Gasteiger partial charge on any atom is -0.396 e. The van der Waals surface area contributed by atoms with Crippen LogP contribution in [0.2, 0.25) is 0 Å². The van der Waals surface area contributed by atoms with E-state index in [2.05, 4.69) is 44.4 Å². The second-order valence-corrected chi connectivity index (χ2v) is 8.45. The van der Waals surface area contributed by atoms with Gasteiger partial charge >= 0.3 is 0 Å². The molecule has 2 fully saturated rings. The first-order valence-electron chi connectivity index (χ1n) is 10.9. The van der Waals surface area contributed by atoms with Crippen LogP contribution in [0, 0.1) is 5.92 Å². The molecule has 2 aliphatic heterocycles. The van der Waals surface area contributed by atoms with Gasteiger partial charge in [-0.25, -0.2) is 9.97 Å². The van der Waals surface area contributed by atoms with Crippen LogP contribution in [0.3, 0.4) is 0 Å². The Morgan fingerprint density at radius 2 is 1.90 bits per heavy atom. The lowest BCUT2D eigenvalue weighted by molar-refractivity contribution is 0.238. The Hall–Kier alpha value is -2.97. The number of anilines is 2. The van der Waals surface area contributed by atoms with Gasteiger partial charge in [-0.2, -0.15) is 0 Å². The number of hydrogen-bond donors (Lipinski definition) is 2. The van der Waals surface area contributed by atoms with Gasteiger partial charge in [-0.3, -0.25) is 4.79 Å². The minimum absolute atomic E-state index is 0.0967. The molecule has 0 aliphatic carbocycles. The van der Waals surface area contributed by atoms with E-state index < -0.39 is 0 Å². The maximum absolute atomic E-state index is 12.9. The van der Waals surface area contributed by atoms with Gasteiger partial charge in [0, 0.05) is 70.1 Å². The fourth-order valence-electron chi connectivity index (χ4n) is 4.52. The fourth-order valence-corrected chi connectivity index (χ4v) is 4.52. The summed E-state index contributed by atoms with van der Waals surface area (Å²) in [5.41, 5.74) is 3.58. The van der Waals surface area contributed by atoms with Gasteiger partial charge in [0.25, 0.3) is 5.56 Å². The highest BCUT2D eigenvalue weighted by molar-refractivity contribution is 5.92. The predicted molar refractivity (Wildman–Crippen MR) is 123 cm³/mol. The lowest BCUT2D eigenvalue weighted by Gasteiger charge is -2.29. The molecule has 1 aromatic carbocycles. The molecule has 8 heteroatoms. The number of fused-ring (bicyclic) bond motifs is 1. The maximum atomic E-state index is 12.9. The van der Waals surface area contributed by atoms with Gasteiger partial charge in [-0.05, 0) is 24.6 Å². The molecule has 0 saturated carbocycles. The van der Waals surface area contributed by atoms with Gasteiger partial charge in [0.05, 0.1) is 17.5 Å². The van der Waals surface area contributed by atoms with Crippen LogP contribution >= 0.6 is 0 Å². The third-order valence-corrected chi connectivity index (χ3v) is 6.37. The Balaban J connectivity index is 1.56. The summed E-state index contributed by atoms with van der Waals surface area (Å²) in [5.74, 6) is 0.877. The third-order valence-electron chi connectivity index (χ3n) is 6.37. The van der Waals surface area contributed by atoms with Crippen molar-refractivity contribution in [3.63, 3.8) is 0 Å². The van der Waals surface area contributed by atoms with Crippen molar-refractivity contribution >= 4 is 22.4 Å². The molecule has 31 heavy (non-hydrogen) atoms. The Labute approximate surface area is 181 Å². The number of piperazine rings is 1. The van der Waals surface area contributed by atoms with Crippen LogP contribution in [0.5, 0.6) is 0 Å². The van der Waals surface area contributed by atoms with Gasteiger partial charge in [-0.1, -0.05) is 12.1 Å². The average Bonchev–Trinajstić information content (AvgIpc) is 3.31. The number of nitrogens with one attached hydrogen (secondary N) is 1. The minimum atomic E-state index is -0.0967. The standard InChI is InChI=1S/C23H28N6O2/c1-27-15-25-20-12-19(17-2-4-18(5-3-17)28-10-7-24-8-11-28)26-22(21(20)23(27)31)29-9-6-16(13-29)14-30/h2-5,12,15-16,24,30H,6-11,13-14H2,1H3/t16-/m0/s1. The van der Waals surface area contributed by atoms with Crippen molar-refractivity contribution < 1.29 is 5.11 Å². The number of aromatic nitrogens is 3. The van der Waals surface area contributed by atoms with E-state index in [0.717, 1.165) is 50.4 Å². The van der Waals surface area contributed by atoms with E-state index in [-0.39, 0.29) is 18.1 Å². The lowest BCUT2D eigenvalue weighted by Crippen LogP contribution is -2.43. The first-order chi connectivity index (χ1) is 15.1. The summed E-state index contributed by atoms with van der Waals surface area (Å²) in [5, 5.41) is 13.5. The molecule has 2 aromatic heterocycles. The molecular weight excluding hydrogens is 392 g/mol. The number of aliphatic hydroxyl groups is 1. The molecule has 162 valence electrons. The van der Waals surface area contributed by atoms with E-state index in [1.807, 2.05) is 6.07 Å². The Bertz CT molecular complexity index is 1140. The third kappa shape index (κ3) is 3.77. The first kappa shape index (κ1) is 20.0. The van der Waals surface area contributed by atoms with Crippen molar-refractivity contribution in [1.29, 1.82) is 0 Å². The number of pyridine rings is 1. The highest BCUT2D eigenvalue weighted by Crippen LogP contribution is 2.31. The van der Waals surface area contributed by atoms with Crippen molar-refractivity contribution in [3.8, 4) is 11.3 Å². The van der Waals surface area contributed by atoms with Crippen LogP contribution < -0.4 is 20.7 Å². The summed E-state index contributed by atoms with van der Waals surface area (Å²) < 4.78 is 1.50. The van der Waals surface area contributed by atoms with Crippen molar-refractivity contribution in [2.75, 3.05) is 55.7 Å². The van der Waals surface area contributed by atoms with Crippen molar-refractivity contribution in [3.05, 3.63) is 47.0 Å². The molecule has 0 radical (unpaired) electrons. The van der Waals surface area contributed by atoms with Crippen LogP contribution in [0.25, 0.3) is 22.2 Å². The van der Waals surface area contributed by atoms with Crippen LogP contribution in [-0.4, -0.2) is 65.5 Å². The van der Waals surface area contributed by atoms with E-state index in [1.165, 1.54) is 10.3 Å². The van der Waals surface area contributed by atoms with E-state index in [0.29, 0.717) is 23.3 Å². The molecule has 0 bridgehead atoms. The normalized spacial score (nSPS) is 19.4. The zero-order valence-electron chi connectivity index (χ0n) is 17.8. The molecule has 3 aromatic rings. The van der Waals surface area contributed by atoms with E-state index in [1.54, 1.807) is 13.4 Å². The van der Waals surface area contributed by atoms with E-state index >= 15 is 0 Å². The molecule has 2 saturated heterocycles. The molecule has 5 rings (SSSR count). The second-order valence-electron chi connectivity index (χ2n) is 8.45. The Morgan fingerprint density at radius 3 is 2.61 bits per heavy atom. The summed E-state index contributed by atoms with van der Waals surface area (Å²) >= 11 is 0. The van der Waals surface area contributed by atoms with Gasteiger partial charge in [-0.15, -0.1) is 0 Å². The zero-order chi connectivity index (χ0) is 21.4. The molecule has 4 heterocycles. The van der Waals surface area contributed by atoms with Gasteiger partial charge < -0.3 is 24.8 Å². The molecule has 8 nitrogen and oxygen atoms in total. The molecular formula is C23H28N6O2. The zero-order valence-corrected chi connectivity index (χ0v) is 17.8. The number of rotatable bonds is 4. The number of hydrogen-bond acceptors (Lipinski definition) is 7. The predicted octanol–water partition coefficient (Wildman–Crippen LogP) is 1.22.